The predicted octanol–water partition coefficient (Wildman–Crippen LogP) is 3.51. The van der Waals surface area contributed by atoms with Crippen molar-refractivity contribution in [3.63, 3.8) is 0 Å². The molecule has 0 unspecified atom stereocenters. The third-order valence-electron chi connectivity index (χ3n) is 3.61. The topological polar surface area (TPSA) is 79.6 Å². The van der Waals surface area contributed by atoms with E-state index in [-0.39, 0.29) is 29.7 Å². The largest absolute Gasteiger partial charge is 0.356 e. The third-order valence-corrected chi connectivity index (χ3v) is 3.61. The van der Waals surface area contributed by atoms with E-state index in [4.69, 9.17) is 0 Å². The number of rotatable bonds is 7. The number of nitrogens with one attached hydrogen (secondary N) is 2. The van der Waals surface area contributed by atoms with Crippen LogP contribution in [0.25, 0.3) is 0 Å². The van der Waals surface area contributed by atoms with Crippen LogP contribution in [0, 0.1) is 10.1 Å². The summed E-state index contributed by atoms with van der Waals surface area (Å²) in [5.41, 5.74) is 2.39. The maximum absolute atomic E-state index is 10.6. The number of nitrogens with zero attached hydrogens (tertiary/aromatic N) is 2. The van der Waals surface area contributed by atoms with Crippen molar-refractivity contribution in [1.82, 2.24) is 10.6 Å². The Hall–Kier alpha value is -2.16. The summed E-state index contributed by atoms with van der Waals surface area (Å²) < 4.78 is 0. The van der Waals surface area contributed by atoms with E-state index < -0.39 is 4.92 Å². The van der Waals surface area contributed by atoms with Crippen molar-refractivity contribution in [2.75, 3.05) is 13.6 Å². The molecule has 0 fully saturated rings. The minimum absolute atomic E-state index is 0. The monoisotopic (exact) mass is 454 g/mol. The van der Waals surface area contributed by atoms with E-state index in [0.717, 1.165) is 30.9 Å². The van der Waals surface area contributed by atoms with E-state index >= 15 is 0 Å². The van der Waals surface area contributed by atoms with Crippen LogP contribution >= 0.6 is 24.0 Å². The lowest BCUT2D eigenvalue weighted by atomic mass is 10.1. The van der Waals surface area contributed by atoms with Gasteiger partial charge in [0.1, 0.15) is 0 Å². The average Bonchev–Trinajstić information content (AvgIpc) is 2.62. The van der Waals surface area contributed by atoms with Gasteiger partial charge in [0.2, 0.25) is 0 Å². The second-order valence-corrected chi connectivity index (χ2v) is 5.37. The first-order valence-corrected chi connectivity index (χ1v) is 7.91. The number of halogens is 1. The summed E-state index contributed by atoms with van der Waals surface area (Å²) >= 11 is 0. The van der Waals surface area contributed by atoms with Gasteiger partial charge in [-0.25, -0.2) is 0 Å². The molecule has 25 heavy (non-hydrogen) atoms. The molecule has 0 atom stereocenters. The highest BCUT2D eigenvalue weighted by atomic mass is 127. The van der Waals surface area contributed by atoms with E-state index in [1.165, 1.54) is 17.7 Å². The Morgan fingerprint density at radius 3 is 2.32 bits per heavy atom. The molecule has 0 aliphatic carbocycles. The van der Waals surface area contributed by atoms with E-state index in [1.54, 1.807) is 19.2 Å². The third kappa shape index (κ3) is 7.51. The van der Waals surface area contributed by atoms with Gasteiger partial charge in [0.05, 0.1) is 4.92 Å². The summed E-state index contributed by atoms with van der Waals surface area (Å²) in [6.07, 6.45) is 2.04. The van der Waals surface area contributed by atoms with E-state index in [0.29, 0.717) is 6.54 Å². The van der Waals surface area contributed by atoms with E-state index in [2.05, 4.69) is 27.8 Å². The fourth-order valence-electron chi connectivity index (χ4n) is 2.29. The molecule has 2 rings (SSSR count). The molecule has 7 heteroatoms. The molecule has 2 N–H and O–H groups in total. The summed E-state index contributed by atoms with van der Waals surface area (Å²) in [7, 11) is 1.72. The van der Waals surface area contributed by atoms with Crippen LogP contribution in [0.2, 0.25) is 0 Å². The lowest BCUT2D eigenvalue weighted by Crippen LogP contribution is -2.37. The smallest absolute Gasteiger partial charge is 0.269 e. The molecule has 0 bridgehead atoms. The Balaban J connectivity index is 0.00000312. The summed E-state index contributed by atoms with van der Waals surface area (Å²) in [4.78, 5) is 14.4. The molecule has 2 aromatic carbocycles. The van der Waals surface area contributed by atoms with Gasteiger partial charge in [-0.2, -0.15) is 0 Å². The lowest BCUT2D eigenvalue weighted by molar-refractivity contribution is -0.384. The van der Waals surface area contributed by atoms with Crippen molar-refractivity contribution in [3.05, 3.63) is 75.8 Å². The quantitative estimate of drug-likeness (QED) is 0.168. The minimum Gasteiger partial charge on any atom is -0.356 e. The summed E-state index contributed by atoms with van der Waals surface area (Å²) in [6.45, 7) is 1.39. The molecule has 134 valence electrons. The van der Waals surface area contributed by atoms with Crippen molar-refractivity contribution in [3.8, 4) is 0 Å². The fraction of sp³-hybridized carbons (Fsp3) is 0.278. The van der Waals surface area contributed by atoms with Gasteiger partial charge in [-0.05, 0) is 24.0 Å². The second kappa shape index (κ2) is 11.4. The Labute approximate surface area is 164 Å². The first-order chi connectivity index (χ1) is 11.7. The molecule has 0 amide bonds. The van der Waals surface area contributed by atoms with Crippen LogP contribution in [0.5, 0.6) is 0 Å². The van der Waals surface area contributed by atoms with Crippen LogP contribution in [-0.2, 0) is 13.0 Å². The Morgan fingerprint density at radius 2 is 1.72 bits per heavy atom. The van der Waals surface area contributed by atoms with Crippen molar-refractivity contribution in [2.45, 2.75) is 19.4 Å². The average molecular weight is 454 g/mol. The van der Waals surface area contributed by atoms with Crippen LogP contribution in [0.1, 0.15) is 17.5 Å². The molecule has 0 aliphatic rings. The number of aliphatic imine (C=N–C) groups is 1. The number of benzene rings is 2. The SMILES string of the molecule is CN=C(NCCCc1ccccc1)NCc1ccc([N+](=O)[O-])cc1.I. The Kier molecular flexibility index (Phi) is 9.53. The van der Waals surface area contributed by atoms with Gasteiger partial charge in [-0.3, -0.25) is 15.1 Å². The molecular formula is C18H23IN4O2. The number of non-ortho nitro benzene ring substituents is 1. The number of hydrogen-bond donors (Lipinski definition) is 2. The highest BCUT2D eigenvalue weighted by molar-refractivity contribution is 14.0. The Bertz CT molecular complexity index is 675. The number of nitro groups is 1. The lowest BCUT2D eigenvalue weighted by Gasteiger charge is -2.12. The molecule has 6 nitrogen and oxygen atoms in total. The number of guanidine groups is 1. The van der Waals surface area contributed by atoms with Crippen LogP contribution in [0.3, 0.4) is 0 Å². The molecule has 0 aromatic heterocycles. The number of nitro benzene ring substituents is 1. The molecule has 0 heterocycles. The van der Waals surface area contributed by atoms with Crippen molar-refractivity contribution in [2.24, 2.45) is 4.99 Å². The van der Waals surface area contributed by atoms with E-state index in [9.17, 15) is 10.1 Å². The van der Waals surface area contributed by atoms with Gasteiger partial charge in [0.15, 0.2) is 5.96 Å². The molecular weight excluding hydrogens is 431 g/mol. The van der Waals surface area contributed by atoms with Crippen LogP contribution in [0.4, 0.5) is 5.69 Å². The zero-order valence-corrected chi connectivity index (χ0v) is 16.5. The first kappa shape index (κ1) is 20.9. The molecule has 0 aliphatic heterocycles. The molecule has 0 radical (unpaired) electrons. The molecule has 0 spiro atoms. The predicted molar refractivity (Wildman–Crippen MR) is 111 cm³/mol. The zero-order valence-electron chi connectivity index (χ0n) is 14.1. The standard InChI is InChI=1S/C18H22N4O2.HI/c1-19-18(20-13-5-8-15-6-3-2-4-7-15)21-14-16-9-11-17(12-10-16)22(23)24;/h2-4,6-7,9-12H,5,8,13-14H2,1H3,(H2,19,20,21);1H. The summed E-state index contributed by atoms with van der Waals surface area (Å²) in [5.74, 6) is 0.724. The highest BCUT2D eigenvalue weighted by Gasteiger charge is 2.04. The molecule has 0 saturated carbocycles. The highest BCUT2D eigenvalue weighted by Crippen LogP contribution is 2.11. The zero-order chi connectivity index (χ0) is 17.2. The first-order valence-electron chi connectivity index (χ1n) is 7.91. The van der Waals surface area contributed by atoms with Gasteiger partial charge in [-0.1, -0.05) is 42.5 Å². The fourth-order valence-corrected chi connectivity index (χ4v) is 2.29. The van der Waals surface area contributed by atoms with Gasteiger partial charge in [-0.15, -0.1) is 24.0 Å². The summed E-state index contributed by atoms with van der Waals surface area (Å²) in [5, 5.41) is 17.1. The maximum Gasteiger partial charge on any atom is 0.269 e. The number of hydrogen-bond acceptors (Lipinski definition) is 3. The van der Waals surface area contributed by atoms with Crippen molar-refractivity contribution in [1.29, 1.82) is 0 Å². The second-order valence-electron chi connectivity index (χ2n) is 5.37. The van der Waals surface area contributed by atoms with Crippen LogP contribution in [-0.4, -0.2) is 24.5 Å². The minimum atomic E-state index is -0.398. The number of aryl methyl sites for hydroxylation is 1. The van der Waals surface area contributed by atoms with Gasteiger partial charge in [0, 0.05) is 32.3 Å². The molecule has 2 aromatic rings. The van der Waals surface area contributed by atoms with Gasteiger partial charge < -0.3 is 10.6 Å². The Morgan fingerprint density at radius 1 is 1.04 bits per heavy atom. The molecule has 0 saturated heterocycles. The van der Waals surface area contributed by atoms with E-state index in [1.807, 2.05) is 18.2 Å². The maximum atomic E-state index is 10.6. The van der Waals surface area contributed by atoms with Crippen molar-refractivity contribution < 1.29 is 4.92 Å². The summed E-state index contributed by atoms with van der Waals surface area (Å²) in [6, 6.07) is 16.9. The van der Waals surface area contributed by atoms with Crippen molar-refractivity contribution >= 4 is 35.6 Å². The van der Waals surface area contributed by atoms with Crippen LogP contribution < -0.4 is 10.6 Å². The van der Waals surface area contributed by atoms with Gasteiger partial charge >= 0.3 is 0 Å². The van der Waals surface area contributed by atoms with Crippen LogP contribution in [0.15, 0.2) is 59.6 Å². The van der Waals surface area contributed by atoms with Gasteiger partial charge in [0.25, 0.3) is 5.69 Å². The normalized spacial score (nSPS) is 10.7.